The van der Waals surface area contributed by atoms with Crippen molar-refractivity contribution in [3.63, 3.8) is 0 Å². The molecule has 0 atom stereocenters. The number of carbonyl (C=O) groups excluding carboxylic acids is 1. The Balaban J connectivity index is 2.57. The van der Waals surface area contributed by atoms with Crippen LogP contribution in [0.1, 0.15) is 26.2 Å². The van der Waals surface area contributed by atoms with Crippen LogP contribution in [0.4, 0.5) is 4.79 Å². The Hall–Kier alpha value is -1.30. The van der Waals surface area contributed by atoms with E-state index in [1.165, 1.54) is 4.90 Å². The zero-order valence-corrected chi connectivity index (χ0v) is 10.1. The topological polar surface area (TPSA) is 81.1 Å². The maximum atomic E-state index is 12.1. The first-order valence-electron chi connectivity index (χ1n) is 5.98. The van der Waals surface area contributed by atoms with Gasteiger partial charge in [-0.1, -0.05) is 0 Å². The van der Waals surface area contributed by atoms with Crippen LogP contribution in [-0.4, -0.2) is 64.3 Å². The molecule has 0 aliphatic heterocycles. The van der Waals surface area contributed by atoms with Gasteiger partial charge in [-0.2, -0.15) is 0 Å². The van der Waals surface area contributed by atoms with Gasteiger partial charge in [-0.15, -0.1) is 0 Å². The highest BCUT2D eigenvalue weighted by Crippen LogP contribution is 2.27. The van der Waals surface area contributed by atoms with Crippen molar-refractivity contribution in [1.82, 2.24) is 9.80 Å². The van der Waals surface area contributed by atoms with Crippen LogP contribution < -0.4 is 0 Å². The lowest BCUT2D eigenvalue weighted by atomic mass is 10.4. The summed E-state index contributed by atoms with van der Waals surface area (Å²) in [6.45, 7) is 2.64. The van der Waals surface area contributed by atoms with Crippen molar-refractivity contribution in [2.75, 3.05) is 26.2 Å². The van der Waals surface area contributed by atoms with Crippen molar-refractivity contribution in [3.8, 4) is 0 Å². The zero-order chi connectivity index (χ0) is 12.8. The molecule has 98 valence electrons. The summed E-state index contributed by atoms with van der Waals surface area (Å²) in [6, 6.07) is -0.146. The summed E-state index contributed by atoms with van der Waals surface area (Å²) >= 11 is 0. The van der Waals surface area contributed by atoms with Gasteiger partial charge in [0.05, 0.1) is 0 Å². The van der Waals surface area contributed by atoms with Gasteiger partial charge in [-0.25, -0.2) is 4.79 Å². The smallest absolute Gasteiger partial charge is 0.323 e. The second kappa shape index (κ2) is 6.44. The van der Waals surface area contributed by atoms with Crippen molar-refractivity contribution < 1.29 is 19.8 Å². The third-order valence-electron chi connectivity index (χ3n) is 2.78. The van der Waals surface area contributed by atoms with Crippen LogP contribution in [-0.2, 0) is 4.79 Å². The lowest BCUT2D eigenvalue weighted by Crippen LogP contribution is -2.46. The summed E-state index contributed by atoms with van der Waals surface area (Å²) in [7, 11) is 0. The largest absolute Gasteiger partial charge is 0.480 e. The van der Waals surface area contributed by atoms with E-state index in [9.17, 15) is 9.59 Å². The predicted molar refractivity (Wildman–Crippen MR) is 61.7 cm³/mol. The standard InChI is InChI=1S/C11H20N2O4/c1-2-12(6-3-7-14)11(17)13(8-10(15)16)9-4-5-9/h9,14H,2-8H2,1H3,(H,15,16). The molecule has 2 amide bonds. The zero-order valence-electron chi connectivity index (χ0n) is 10.1. The number of carboxylic acid groups (broad SMARTS) is 1. The lowest BCUT2D eigenvalue weighted by molar-refractivity contribution is -0.137. The average Bonchev–Trinajstić information content (AvgIpc) is 3.10. The Bertz CT molecular complexity index is 279. The number of aliphatic carboxylic acids is 1. The Kier molecular flexibility index (Phi) is 5.21. The molecule has 0 spiro atoms. The van der Waals surface area contributed by atoms with Gasteiger partial charge in [0, 0.05) is 25.7 Å². The molecule has 1 rings (SSSR count). The number of aliphatic hydroxyl groups excluding tert-OH is 1. The van der Waals surface area contributed by atoms with E-state index < -0.39 is 5.97 Å². The second-order valence-electron chi connectivity index (χ2n) is 4.19. The fourth-order valence-electron chi connectivity index (χ4n) is 1.72. The number of carboxylic acids is 1. The van der Waals surface area contributed by atoms with Crippen molar-refractivity contribution in [2.45, 2.75) is 32.2 Å². The highest BCUT2D eigenvalue weighted by molar-refractivity contribution is 5.80. The molecule has 0 aromatic rings. The molecule has 6 nitrogen and oxygen atoms in total. The monoisotopic (exact) mass is 244 g/mol. The number of urea groups is 1. The molecule has 6 heteroatoms. The minimum absolute atomic E-state index is 0.0339. The fourth-order valence-corrected chi connectivity index (χ4v) is 1.72. The molecule has 0 aromatic heterocycles. The van der Waals surface area contributed by atoms with Gasteiger partial charge < -0.3 is 20.0 Å². The Labute approximate surface area is 101 Å². The van der Waals surface area contributed by atoms with Crippen molar-refractivity contribution in [3.05, 3.63) is 0 Å². The molecule has 1 aliphatic carbocycles. The van der Waals surface area contributed by atoms with Gasteiger partial charge >= 0.3 is 12.0 Å². The highest BCUT2D eigenvalue weighted by atomic mass is 16.4. The molecular weight excluding hydrogens is 224 g/mol. The Morgan fingerprint density at radius 2 is 2.00 bits per heavy atom. The molecule has 0 radical (unpaired) electrons. The van der Waals surface area contributed by atoms with Crippen LogP contribution >= 0.6 is 0 Å². The van der Waals surface area contributed by atoms with Gasteiger partial charge in [-0.05, 0) is 26.2 Å². The quantitative estimate of drug-likeness (QED) is 0.677. The number of hydrogen-bond donors (Lipinski definition) is 2. The van der Waals surface area contributed by atoms with E-state index in [0.717, 1.165) is 12.8 Å². The molecule has 17 heavy (non-hydrogen) atoms. The Morgan fingerprint density at radius 3 is 2.41 bits per heavy atom. The van der Waals surface area contributed by atoms with Gasteiger partial charge in [0.15, 0.2) is 0 Å². The van der Waals surface area contributed by atoms with Crippen molar-refractivity contribution in [1.29, 1.82) is 0 Å². The Morgan fingerprint density at radius 1 is 1.35 bits per heavy atom. The molecule has 0 heterocycles. The van der Waals surface area contributed by atoms with E-state index in [-0.39, 0.29) is 25.2 Å². The first kappa shape index (κ1) is 13.8. The second-order valence-corrected chi connectivity index (χ2v) is 4.19. The van der Waals surface area contributed by atoms with E-state index in [1.807, 2.05) is 6.92 Å². The summed E-state index contributed by atoms with van der Waals surface area (Å²) in [5.74, 6) is -0.983. The van der Waals surface area contributed by atoms with Crippen LogP contribution in [0.5, 0.6) is 0 Å². The van der Waals surface area contributed by atoms with Crippen molar-refractivity contribution in [2.24, 2.45) is 0 Å². The number of hydrogen-bond acceptors (Lipinski definition) is 3. The van der Waals surface area contributed by atoms with Gasteiger partial charge in [0.2, 0.25) is 0 Å². The van der Waals surface area contributed by atoms with Crippen LogP contribution in [0.25, 0.3) is 0 Å². The predicted octanol–water partition coefficient (Wildman–Crippen LogP) is 0.360. The van der Waals surface area contributed by atoms with Gasteiger partial charge in [0.1, 0.15) is 6.54 Å². The minimum Gasteiger partial charge on any atom is -0.480 e. The van der Waals surface area contributed by atoms with Crippen LogP contribution in [0.2, 0.25) is 0 Å². The number of carbonyl (C=O) groups is 2. The minimum atomic E-state index is -0.983. The molecule has 1 aliphatic rings. The number of amides is 2. The van der Waals surface area contributed by atoms with Crippen LogP contribution in [0, 0.1) is 0 Å². The normalized spacial score (nSPS) is 14.5. The summed E-state index contributed by atoms with van der Waals surface area (Å²) in [6.07, 6.45) is 2.29. The van der Waals surface area contributed by atoms with Crippen LogP contribution in [0.3, 0.4) is 0 Å². The third kappa shape index (κ3) is 4.22. The maximum Gasteiger partial charge on any atom is 0.323 e. The van der Waals surface area contributed by atoms with Gasteiger partial charge in [-0.3, -0.25) is 4.79 Å². The van der Waals surface area contributed by atoms with E-state index in [1.54, 1.807) is 4.90 Å². The summed E-state index contributed by atoms with van der Waals surface area (Å²) in [5.41, 5.74) is 0. The summed E-state index contributed by atoms with van der Waals surface area (Å²) in [5, 5.41) is 17.5. The molecule has 2 N–H and O–H groups in total. The molecule has 0 aromatic carbocycles. The molecule has 1 fully saturated rings. The number of aliphatic hydroxyl groups is 1. The SMILES string of the molecule is CCN(CCCO)C(=O)N(CC(=O)O)C1CC1. The third-order valence-corrected chi connectivity index (χ3v) is 2.78. The van der Waals surface area contributed by atoms with Crippen molar-refractivity contribution >= 4 is 12.0 Å². The summed E-state index contributed by atoms with van der Waals surface area (Å²) in [4.78, 5) is 25.8. The van der Waals surface area contributed by atoms with E-state index >= 15 is 0 Å². The molecular formula is C11H20N2O4. The number of rotatable bonds is 7. The molecule has 0 bridgehead atoms. The lowest BCUT2D eigenvalue weighted by Gasteiger charge is -2.28. The maximum absolute atomic E-state index is 12.1. The fraction of sp³-hybridized carbons (Fsp3) is 0.818. The van der Waals surface area contributed by atoms with Gasteiger partial charge in [0.25, 0.3) is 0 Å². The summed E-state index contributed by atoms with van der Waals surface area (Å²) < 4.78 is 0. The van der Waals surface area contributed by atoms with E-state index in [4.69, 9.17) is 10.2 Å². The first-order valence-corrected chi connectivity index (χ1v) is 5.98. The van der Waals surface area contributed by atoms with E-state index in [2.05, 4.69) is 0 Å². The van der Waals surface area contributed by atoms with E-state index in [0.29, 0.717) is 19.5 Å². The average molecular weight is 244 g/mol. The molecule has 1 saturated carbocycles. The number of nitrogens with zero attached hydrogens (tertiary/aromatic N) is 2. The molecule has 0 saturated heterocycles. The molecule has 0 unspecified atom stereocenters. The van der Waals surface area contributed by atoms with Crippen LogP contribution in [0.15, 0.2) is 0 Å². The first-order chi connectivity index (χ1) is 8.10. The highest BCUT2D eigenvalue weighted by Gasteiger charge is 2.35.